The third-order valence-corrected chi connectivity index (χ3v) is 4.25. The summed E-state index contributed by atoms with van der Waals surface area (Å²) < 4.78 is 19.6. The molecule has 1 heterocycles. The highest BCUT2D eigenvalue weighted by Crippen LogP contribution is 2.33. The van der Waals surface area contributed by atoms with Crippen molar-refractivity contribution in [3.63, 3.8) is 0 Å². The second-order valence-corrected chi connectivity index (χ2v) is 5.36. The number of hydrogen-bond donors (Lipinski definition) is 1. The average Bonchev–Trinajstić information content (AvgIpc) is 2.48. The van der Waals surface area contributed by atoms with Gasteiger partial charge < -0.3 is 10.1 Å². The molecule has 1 fully saturated rings. The van der Waals surface area contributed by atoms with Crippen LogP contribution in [-0.4, -0.2) is 37.7 Å². The van der Waals surface area contributed by atoms with Crippen molar-refractivity contribution in [1.82, 2.24) is 10.2 Å². The maximum atomic E-state index is 14.2. The Morgan fingerprint density at radius 2 is 2.30 bits per heavy atom. The van der Waals surface area contributed by atoms with E-state index in [2.05, 4.69) is 24.1 Å². The number of ether oxygens (including phenoxy) is 1. The van der Waals surface area contributed by atoms with Crippen LogP contribution in [0.1, 0.15) is 38.3 Å². The van der Waals surface area contributed by atoms with Gasteiger partial charge in [-0.2, -0.15) is 0 Å². The van der Waals surface area contributed by atoms with Gasteiger partial charge in [-0.05, 0) is 45.0 Å². The lowest BCUT2D eigenvalue weighted by Gasteiger charge is -2.38. The highest BCUT2D eigenvalue weighted by atomic mass is 19.1. The molecule has 0 spiro atoms. The lowest BCUT2D eigenvalue weighted by molar-refractivity contribution is 0.124. The fourth-order valence-electron chi connectivity index (χ4n) is 3.23. The first-order valence-corrected chi connectivity index (χ1v) is 7.47. The predicted octanol–water partition coefficient (Wildman–Crippen LogP) is 2.97. The van der Waals surface area contributed by atoms with Crippen LogP contribution in [0.15, 0.2) is 18.2 Å². The molecule has 112 valence electrons. The van der Waals surface area contributed by atoms with Gasteiger partial charge in [0.2, 0.25) is 0 Å². The zero-order valence-corrected chi connectivity index (χ0v) is 12.7. The third-order valence-electron chi connectivity index (χ3n) is 4.25. The van der Waals surface area contributed by atoms with Gasteiger partial charge in [0.1, 0.15) is 11.6 Å². The normalized spacial score (nSPS) is 20.9. The highest BCUT2D eigenvalue weighted by Gasteiger charge is 2.28. The van der Waals surface area contributed by atoms with Crippen molar-refractivity contribution < 1.29 is 9.13 Å². The molecule has 1 saturated heterocycles. The van der Waals surface area contributed by atoms with Crippen LogP contribution in [0.2, 0.25) is 0 Å². The summed E-state index contributed by atoms with van der Waals surface area (Å²) in [7, 11) is 1.60. The molecule has 1 aromatic rings. The van der Waals surface area contributed by atoms with Gasteiger partial charge >= 0.3 is 0 Å². The highest BCUT2D eigenvalue weighted by molar-refractivity contribution is 5.37. The first-order valence-electron chi connectivity index (χ1n) is 7.47. The number of rotatable bonds is 5. The summed E-state index contributed by atoms with van der Waals surface area (Å²) in [5.41, 5.74) is 0.669. The van der Waals surface area contributed by atoms with E-state index in [4.69, 9.17) is 4.74 Å². The van der Waals surface area contributed by atoms with E-state index in [1.807, 2.05) is 6.07 Å². The Labute approximate surface area is 121 Å². The van der Waals surface area contributed by atoms with Gasteiger partial charge in [-0.25, -0.2) is 4.39 Å². The zero-order chi connectivity index (χ0) is 14.5. The summed E-state index contributed by atoms with van der Waals surface area (Å²) in [6.45, 7) is 7.18. The van der Waals surface area contributed by atoms with Crippen molar-refractivity contribution in [2.45, 2.75) is 38.8 Å². The van der Waals surface area contributed by atoms with E-state index < -0.39 is 0 Å². The molecule has 0 bridgehead atoms. The number of likely N-dealkylation sites (N-methyl/N-ethyl adjacent to an activating group) is 1. The van der Waals surface area contributed by atoms with Gasteiger partial charge in [-0.3, -0.25) is 4.90 Å². The molecule has 3 nitrogen and oxygen atoms in total. The topological polar surface area (TPSA) is 24.5 Å². The van der Waals surface area contributed by atoms with Gasteiger partial charge in [0.05, 0.1) is 7.11 Å². The number of methoxy groups -OCH3 is 1. The van der Waals surface area contributed by atoms with Crippen LogP contribution in [-0.2, 0) is 0 Å². The molecule has 1 aliphatic rings. The molecule has 1 aromatic carbocycles. The monoisotopic (exact) mass is 280 g/mol. The van der Waals surface area contributed by atoms with E-state index >= 15 is 0 Å². The molecular formula is C16H25FN2O. The molecule has 4 heteroatoms. The fraction of sp³-hybridized carbons (Fsp3) is 0.625. The van der Waals surface area contributed by atoms with Gasteiger partial charge in [-0.1, -0.05) is 13.0 Å². The Morgan fingerprint density at radius 1 is 1.50 bits per heavy atom. The minimum atomic E-state index is -0.181. The number of hydrogen-bond acceptors (Lipinski definition) is 3. The largest absolute Gasteiger partial charge is 0.496 e. The van der Waals surface area contributed by atoms with E-state index in [0.717, 1.165) is 19.6 Å². The Morgan fingerprint density at radius 3 is 2.90 bits per heavy atom. The number of benzene rings is 1. The standard InChI is InChI=1S/C16H25FN2O/c1-4-19(13-7-6-10-18-11-13)12(2)16-14(17)8-5-9-15(16)20-3/h5,8-9,12-13,18H,4,6-7,10-11H2,1-3H3. The van der Waals surface area contributed by atoms with Crippen LogP contribution in [0.25, 0.3) is 0 Å². The maximum absolute atomic E-state index is 14.2. The molecule has 20 heavy (non-hydrogen) atoms. The Kier molecular flexibility index (Phi) is 5.38. The second-order valence-electron chi connectivity index (χ2n) is 5.36. The van der Waals surface area contributed by atoms with Crippen LogP contribution in [0, 0.1) is 5.82 Å². The maximum Gasteiger partial charge on any atom is 0.131 e. The summed E-state index contributed by atoms with van der Waals surface area (Å²) >= 11 is 0. The SMILES string of the molecule is CCN(C1CCCNC1)C(C)c1c(F)cccc1OC. The minimum absolute atomic E-state index is 0.0149. The van der Waals surface area contributed by atoms with Gasteiger partial charge in [-0.15, -0.1) is 0 Å². The minimum Gasteiger partial charge on any atom is -0.496 e. The lowest BCUT2D eigenvalue weighted by Crippen LogP contribution is -2.47. The van der Waals surface area contributed by atoms with Gasteiger partial charge in [0.15, 0.2) is 0 Å². The van der Waals surface area contributed by atoms with Crippen LogP contribution >= 0.6 is 0 Å². The number of nitrogens with one attached hydrogen (secondary N) is 1. The number of piperidine rings is 1. The molecule has 0 aliphatic carbocycles. The first-order chi connectivity index (χ1) is 9.69. The Balaban J connectivity index is 2.25. The first kappa shape index (κ1) is 15.3. The average molecular weight is 280 g/mol. The van der Waals surface area contributed by atoms with Crippen LogP contribution in [0.5, 0.6) is 5.75 Å². The van der Waals surface area contributed by atoms with Crippen LogP contribution in [0.4, 0.5) is 4.39 Å². The summed E-state index contributed by atoms with van der Waals surface area (Å²) in [6, 6.07) is 5.53. The van der Waals surface area contributed by atoms with Crippen molar-refractivity contribution >= 4 is 0 Å². The van der Waals surface area contributed by atoms with Crippen molar-refractivity contribution in [3.8, 4) is 5.75 Å². The molecule has 1 aliphatic heterocycles. The van der Waals surface area contributed by atoms with E-state index in [9.17, 15) is 4.39 Å². The van der Waals surface area contributed by atoms with Crippen molar-refractivity contribution in [1.29, 1.82) is 0 Å². The smallest absolute Gasteiger partial charge is 0.131 e. The summed E-state index contributed by atoms with van der Waals surface area (Å²) in [4.78, 5) is 2.37. The summed E-state index contributed by atoms with van der Waals surface area (Å²) in [5.74, 6) is 0.457. The summed E-state index contributed by atoms with van der Waals surface area (Å²) in [6.07, 6.45) is 2.35. The van der Waals surface area contributed by atoms with Crippen molar-refractivity contribution in [2.75, 3.05) is 26.7 Å². The van der Waals surface area contributed by atoms with Gasteiger partial charge in [0.25, 0.3) is 0 Å². The molecule has 2 unspecified atom stereocenters. The summed E-state index contributed by atoms with van der Waals surface area (Å²) in [5, 5.41) is 3.43. The van der Waals surface area contributed by atoms with E-state index in [1.54, 1.807) is 13.2 Å². The molecule has 0 saturated carbocycles. The molecule has 0 radical (unpaired) electrons. The Hall–Kier alpha value is -1.13. The molecule has 2 rings (SSSR count). The van der Waals surface area contributed by atoms with E-state index in [1.165, 1.54) is 18.9 Å². The van der Waals surface area contributed by atoms with Crippen molar-refractivity contribution in [3.05, 3.63) is 29.6 Å². The molecular weight excluding hydrogens is 255 g/mol. The number of nitrogens with zero attached hydrogens (tertiary/aromatic N) is 1. The van der Waals surface area contributed by atoms with Crippen LogP contribution in [0.3, 0.4) is 0 Å². The number of halogens is 1. The fourth-order valence-corrected chi connectivity index (χ4v) is 3.23. The quantitative estimate of drug-likeness (QED) is 0.897. The molecule has 0 amide bonds. The van der Waals surface area contributed by atoms with Crippen molar-refractivity contribution in [2.24, 2.45) is 0 Å². The molecule has 2 atom stereocenters. The Bertz CT molecular complexity index is 432. The third kappa shape index (κ3) is 3.13. The zero-order valence-electron chi connectivity index (χ0n) is 12.7. The van der Waals surface area contributed by atoms with E-state index in [-0.39, 0.29) is 11.9 Å². The second kappa shape index (κ2) is 7.04. The molecule has 1 N–H and O–H groups in total. The lowest BCUT2D eigenvalue weighted by atomic mass is 9.99. The molecule has 0 aromatic heterocycles. The van der Waals surface area contributed by atoms with Crippen LogP contribution < -0.4 is 10.1 Å². The van der Waals surface area contributed by atoms with Gasteiger partial charge in [0, 0.05) is 24.2 Å². The predicted molar refractivity (Wildman–Crippen MR) is 79.6 cm³/mol. The van der Waals surface area contributed by atoms with E-state index in [0.29, 0.717) is 17.4 Å².